The van der Waals surface area contributed by atoms with Crippen LogP contribution in [-0.4, -0.2) is 28.6 Å². The van der Waals surface area contributed by atoms with Crippen LogP contribution >= 0.6 is 34.7 Å². The van der Waals surface area contributed by atoms with Crippen LogP contribution in [0.25, 0.3) is 11.0 Å². The van der Waals surface area contributed by atoms with Crippen molar-refractivity contribution in [3.05, 3.63) is 110 Å². The number of para-hydroxylation sites is 2. The lowest BCUT2D eigenvalue weighted by Gasteiger charge is -2.32. The molecule has 0 bridgehead atoms. The van der Waals surface area contributed by atoms with Gasteiger partial charge in [0.1, 0.15) is 5.58 Å². The smallest absolute Gasteiger partial charge is 0.297 e. The fourth-order valence-corrected chi connectivity index (χ4v) is 7.73. The molecule has 0 fully saturated rings. The normalized spacial score (nSPS) is 17.6. The van der Waals surface area contributed by atoms with Crippen molar-refractivity contribution in [2.75, 3.05) is 16.3 Å². The molecule has 2 aromatic heterocycles. The second kappa shape index (κ2) is 9.83. The topological polar surface area (TPSA) is 96.6 Å². The Balaban J connectivity index is 1.42. The Labute approximate surface area is 247 Å². The van der Waals surface area contributed by atoms with Gasteiger partial charge in [0.15, 0.2) is 15.3 Å². The van der Waals surface area contributed by atoms with E-state index in [9.17, 15) is 14.4 Å². The highest BCUT2D eigenvalue weighted by molar-refractivity contribution is 8.00. The Kier molecular flexibility index (Phi) is 6.22. The predicted molar refractivity (Wildman–Crippen MR) is 160 cm³/mol. The molecule has 0 radical (unpaired) electrons. The fourth-order valence-electron chi connectivity index (χ4n) is 5.68. The number of hydrogen-bond donors (Lipinski definition) is 0. The van der Waals surface area contributed by atoms with Crippen molar-refractivity contribution in [1.82, 2.24) is 10.2 Å². The van der Waals surface area contributed by atoms with E-state index in [4.69, 9.17) is 16.0 Å². The van der Waals surface area contributed by atoms with Crippen LogP contribution in [0.5, 0.6) is 0 Å². The zero-order chi connectivity index (χ0) is 28.3. The zero-order valence-electron chi connectivity index (χ0n) is 21.7. The molecule has 41 heavy (non-hydrogen) atoms. The Hall–Kier alpha value is -3.99. The van der Waals surface area contributed by atoms with E-state index in [-0.39, 0.29) is 22.0 Å². The summed E-state index contributed by atoms with van der Waals surface area (Å²) in [5, 5.41) is 9.86. The van der Waals surface area contributed by atoms with Gasteiger partial charge in [0, 0.05) is 22.9 Å². The number of benzene rings is 3. The van der Waals surface area contributed by atoms with Crippen molar-refractivity contribution >= 4 is 68.3 Å². The van der Waals surface area contributed by atoms with Gasteiger partial charge in [-0.25, -0.2) is 0 Å². The van der Waals surface area contributed by atoms with Crippen LogP contribution < -0.4 is 15.2 Å². The third-order valence-electron chi connectivity index (χ3n) is 7.32. The van der Waals surface area contributed by atoms with Crippen molar-refractivity contribution in [1.29, 1.82) is 0 Å². The van der Waals surface area contributed by atoms with E-state index < -0.39 is 22.8 Å². The summed E-state index contributed by atoms with van der Waals surface area (Å²) in [6.45, 7) is 2.40. The first-order valence-electron chi connectivity index (χ1n) is 13.0. The minimum absolute atomic E-state index is 0.0144. The number of carbonyl (C=O) groups is 2. The number of anilines is 2. The van der Waals surface area contributed by atoms with E-state index in [1.807, 2.05) is 43.3 Å². The molecule has 7 rings (SSSR count). The monoisotopic (exact) mass is 600 g/mol. The van der Waals surface area contributed by atoms with Gasteiger partial charge < -0.3 is 9.32 Å². The molecular formula is C30H21ClN4O4S2. The second-order valence-electron chi connectivity index (χ2n) is 9.73. The number of nitrogens with zero attached hydrogens (tertiary/aromatic N) is 4. The van der Waals surface area contributed by atoms with E-state index in [1.165, 1.54) is 28.0 Å². The maximum atomic E-state index is 14.6. The molecule has 2 aliphatic rings. The molecule has 5 aromatic rings. The van der Waals surface area contributed by atoms with Gasteiger partial charge in [-0.1, -0.05) is 84.1 Å². The first kappa shape index (κ1) is 25.9. The Morgan fingerprint density at radius 2 is 1.80 bits per heavy atom. The molecule has 1 unspecified atom stereocenters. The minimum atomic E-state index is -1.77. The summed E-state index contributed by atoms with van der Waals surface area (Å²) in [6, 6.07) is 21.6. The molecular weight excluding hydrogens is 580 g/mol. The van der Waals surface area contributed by atoms with Crippen LogP contribution in [0.15, 0.2) is 86.3 Å². The fraction of sp³-hybridized carbons (Fsp3) is 0.167. The predicted octanol–water partition coefficient (Wildman–Crippen LogP) is 6.25. The van der Waals surface area contributed by atoms with Gasteiger partial charge in [0.2, 0.25) is 10.9 Å². The summed E-state index contributed by atoms with van der Waals surface area (Å²) in [5.41, 5.74) is 0.309. The average molecular weight is 601 g/mol. The molecule has 204 valence electrons. The Bertz CT molecular complexity index is 1940. The van der Waals surface area contributed by atoms with Crippen LogP contribution in [0.2, 0.25) is 5.02 Å². The van der Waals surface area contributed by atoms with Crippen LogP contribution in [0.1, 0.15) is 40.6 Å². The van der Waals surface area contributed by atoms with Crippen molar-refractivity contribution in [2.45, 2.75) is 29.0 Å². The highest BCUT2D eigenvalue weighted by atomic mass is 35.5. The van der Waals surface area contributed by atoms with Crippen LogP contribution in [0, 0.1) is 0 Å². The molecule has 11 heteroatoms. The Morgan fingerprint density at radius 3 is 2.63 bits per heavy atom. The standard InChI is InChI=1S/C30H21ClN4O4S2/c1-2-14-34-21-12-5-4-11-20(21)30(27(34)38)23-24(36)19-10-3-6-13-22(19)39-25(23)26(37)35(30)28-32-33-29(41-28)40-16-17-8-7-9-18(31)15-17/h3-13,15H,2,14,16H2,1H3. The van der Waals surface area contributed by atoms with E-state index >= 15 is 0 Å². The number of hydrogen-bond acceptors (Lipinski definition) is 8. The lowest BCUT2D eigenvalue weighted by molar-refractivity contribution is -0.121. The molecule has 8 nitrogen and oxygen atoms in total. The third kappa shape index (κ3) is 3.78. The Morgan fingerprint density at radius 1 is 1.00 bits per heavy atom. The highest BCUT2D eigenvalue weighted by Crippen LogP contribution is 2.54. The summed E-state index contributed by atoms with van der Waals surface area (Å²) in [4.78, 5) is 46.0. The molecule has 0 saturated carbocycles. The van der Waals surface area contributed by atoms with Crippen LogP contribution in [-0.2, 0) is 16.1 Å². The molecule has 1 spiro atoms. The van der Waals surface area contributed by atoms with Gasteiger partial charge in [-0.15, -0.1) is 10.2 Å². The van der Waals surface area contributed by atoms with Crippen molar-refractivity contribution in [3.63, 3.8) is 0 Å². The quantitative estimate of drug-likeness (QED) is 0.168. The summed E-state index contributed by atoms with van der Waals surface area (Å²) >= 11 is 8.77. The maximum absolute atomic E-state index is 14.6. The largest absolute Gasteiger partial charge is 0.450 e. The maximum Gasteiger partial charge on any atom is 0.297 e. The van der Waals surface area contributed by atoms with E-state index in [2.05, 4.69) is 10.2 Å². The SMILES string of the molecule is CCCN1C(=O)C2(c3ccccc31)c1c(oc3ccccc3c1=O)C(=O)N2c1nnc(SCc2cccc(Cl)c2)s1. The first-order chi connectivity index (χ1) is 19.9. The summed E-state index contributed by atoms with van der Waals surface area (Å²) < 4.78 is 6.70. The molecule has 2 amide bonds. The van der Waals surface area contributed by atoms with Crippen LogP contribution in [0.3, 0.4) is 0 Å². The molecule has 4 heterocycles. The number of amides is 2. The molecule has 0 aliphatic carbocycles. The molecule has 0 N–H and O–H groups in total. The summed E-state index contributed by atoms with van der Waals surface area (Å²) in [7, 11) is 0. The van der Waals surface area contributed by atoms with Crippen molar-refractivity contribution < 1.29 is 14.0 Å². The van der Waals surface area contributed by atoms with Gasteiger partial charge >= 0.3 is 0 Å². The summed E-state index contributed by atoms with van der Waals surface area (Å²) in [6.07, 6.45) is 0.687. The third-order valence-corrected chi connectivity index (χ3v) is 9.67. The molecule has 2 aliphatic heterocycles. The van der Waals surface area contributed by atoms with Gasteiger partial charge in [-0.3, -0.25) is 19.3 Å². The highest BCUT2D eigenvalue weighted by Gasteiger charge is 2.66. The first-order valence-corrected chi connectivity index (χ1v) is 15.2. The number of fused-ring (bicyclic) bond motifs is 5. The van der Waals surface area contributed by atoms with Crippen molar-refractivity contribution in [2.24, 2.45) is 0 Å². The van der Waals surface area contributed by atoms with E-state index in [0.717, 1.165) is 5.56 Å². The number of thioether (sulfide) groups is 1. The van der Waals surface area contributed by atoms with Gasteiger partial charge in [0.25, 0.3) is 11.8 Å². The molecule has 0 saturated heterocycles. The summed E-state index contributed by atoms with van der Waals surface area (Å²) in [5.74, 6) is -0.560. The van der Waals surface area contributed by atoms with Crippen LogP contribution in [0.4, 0.5) is 10.8 Å². The lowest BCUT2D eigenvalue weighted by Crippen LogP contribution is -2.53. The molecule has 1 atom stereocenters. The number of aromatic nitrogens is 2. The van der Waals surface area contributed by atoms with Crippen molar-refractivity contribution in [3.8, 4) is 0 Å². The van der Waals surface area contributed by atoms with E-state index in [0.29, 0.717) is 44.7 Å². The van der Waals surface area contributed by atoms with E-state index in [1.54, 1.807) is 41.3 Å². The number of rotatable bonds is 6. The van der Waals surface area contributed by atoms with Gasteiger partial charge in [-0.2, -0.15) is 0 Å². The minimum Gasteiger partial charge on any atom is -0.450 e. The zero-order valence-corrected chi connectivity index (χ0v) is 24.1. The van der Waals surface area contributed by atoms with Gasteiger partial charge in [0.05, 0.1) is 16.6 Å². The lowest BCUT2D eigenvalue weighted by atomic mass is 9.84. The second-order valence-corrected chi connectivity index (χ2v) is 12.3. The van der Waals surface area contributed by atoms with Gasteiger partial charge in [-0.05, 0) is 42.3 Å². The number of halogens is 1. The average Bonchev–Trinajstić information content (AvgIpc) is 3.62. The molecule has 3 aromatic carbocycles. The number of carbonyl (C=O) groups excluding carboxylic acids is 2.